The summed E-state index contributed by atoms with van der Waals surface area (Å²) in [6, 6.07) is 0.969. The minimum absolute atomic E-state index is 0.969. The van der Waals surface area contributed by atoms with Gasteiger partial charge in [0, 0.05) is 12.6 Å². The molecule has 1 heteroatoms. The molecule has 57 valence electrons. The average Bonchev–Trinajstić information content (AvgIpc) is 1.86. The van der Waals surface area contributed by atoms with E-state index in [1.54, 1.807) is 0 Å². The lowest BCUT2D eigenvalue weighted by molar-refractivity contribution is 0.123. The fourth-order valence-corrected chi connectivity index (χ4v) is 1.87. The van der Waals surface area contributed by atoms with Crippen LogP contribution in [0.4, 0.5) is 0 Å². The maximum Gasteiger partial charge on any atom is 0.00953 e. The Bertz CT molecular complexity index is 101. The number of hydrogen-bond acceptors (Lipinski definition) is 1. The van der Waals surface area contributed by atoms with Gasteiger partial charge in [0.1, 0.15) is 0 Å². The molecule has 0 spiro atoms. The van der Waals surface area contributed by atoms with Crippen molar-refractivity contribution < 1.29 is 0 Å². The van der Waals surface area contributed by atoms with Gasteiger partial charge in [-0.1, -0.05) is 6.42 Å². The molecule has 2 rings (SSSR count). The number of hydrogen-bond donors (Lipinski definition) is 0. The smallest absolute Gasteiger partial charge is 0.00953 e. The molecule has 10 heavy (non-hydrogen) atoms. The topological polar surface area (TPSA) is 3.24 Å². The normalized spacial score (nSPS) is 30.0. The van der Waals surface area contributed by atoms with Crippen molar-refractivity contribution >= 4 is 0 Å². The molecule has 0 N–H and O–H groups in total. The third-order valence-electron chi connectivity index (χ3n) is 2.81. The van der Waals surface area contributed by atoms with E-state index in [0.717, 1.165) is 6.04 Å². The van der Waals surface area contributed by atoms with Gasteiger partial charge in [0.05, 0.1) is 0 Å². The number of rotatable bonds is 1. The minimum atomic E-state index is 0.969. The van der Waals surface area contributed by atoms with E-state index < -0.39 is 0 Å². The molecule has 0 unspecified atom stereocenters. The van der Waals surface area contributed by atoms with Gasteiger partial charge in [0.25, 0.3) is 0 Å². The largest absolute Gasteiger partial charge is 0.300 e. The van der Waals surface area contributed by atoms with Gasteiger partial charge in [-0.3, -0.25) is 0 Å². The first kappa shape index (κ1) is 6.66. The summed E-state index contributed by atoms with van der Waals surface area (Å²) in [7, 11) is 0. The quantitative estimate of drug-likeness (QED) is 0.534. The van der Waals surface area contributed by atoms with E-state index in [1.807, 2.05) is 0 Å². The van der Waals surface area contributed by atoms with Crippen molar-refractivity contribution in [2.75, 3.05) is 13.1 Å². The lowest BCUT2D eigenvalue weighted by atomic mass is 9.90. The Balaban J connectivity index is 1.78. The second-order valence-corrected chi connectivity index (χ2v) is 3.51. The number of nitrogens with zero attached hydrogens (tertiary/aromatic N) is 1. The van der Waals surface area contributed by atoms with Crippen LogP contribution in [0, 0.1) is 6.42 Å². The second kappa shape index (κ2) is 2.91. The van der Waals surface area contributed by atoms with E-state index in [9.17, 15) is 0 Å². The fourth-order valence-electron chi connectivity index (χ4n) is 1.87. The summed E-state index contributed by atoms with van der Waals surface area (Å²) in [4.78, 5) is 2.65. The van der Waals surface area contributed by atoms with Gasteiger partial charge in [0.15, 0.2) is 0 Å². The molecule has 0 bridgehead atoms. The predicted octanol–water partition coefficient (Wildman–Crippen LogP) is 1.84. The van der Waals surface area contributed by atoms with Gasteiger partial charge >= 0.3 is 0 Å². The van der Waals surface area contributed by atoms with Gasteiger partial charge < -0.3 is 4.90 Å². The Morgan fingerprint density at radius 2 is 2.10 bits per heavy atom. The van der Waals surface area contributed by atoms with Crippen LogP contribution in [0.15, 0.2) is 0 Å². The number of piperidine rings is 1. The van der Waals surface area contributed by atoms with Crippen molar-refractivity contribution in [1.29, 1.82) is 0 Å². The van der Waals surface area contributed by atoms with Gasteiger partial charge in [-0.25, -0.2) is 0 Å². The average molecular weight is 138 g/mol. The third-order valence-corrected chi connectivity index (χ3v) is 2.81. The first-order valence-corrected chi connectivity index (χ1v) is 4.52. The molecule has 2 fully saturated rings. The second-order valence-electron chi connectivity index (χ2n) is 3.51. The summed E-state index contributed by atoms with van der Waals surface area (Å²) in [5, 5.41) is 0. The molecule has 0 atom stereocenters. The predicted molar refractivity (Wildman–Crippen MR) is 42.7 cm³/mol. The van der Waals surface area contributed by atoms with Crippen LogP contribution in [0.2, 0.25) is 0 Å². The standard InChI is InChI=1S/C9H16N/c1-2-7-10(8-3-1)9-5-4-6-9/h2,9H,1,3-8H2. The summed E-state index contributed by atoms with van der Waals surface area (Å²) in [5.74, 6) is 0. The first-order chi connectivity index (χ1) is 4.97. The van der Waals surface area contributed by atoms with Crippen molar-refractivity contribution in [2.24, 2.45) is 0 Å². The van der Waals surface area contributed by atoms with E-state index in [2.05, 4.69) is 11.3 Å². The first-order valence-electron chi connectivity index (χ1n) is 4.52. The van der Waals surface area contributed by atoms with Gasteiger partial charge in [0.2, 0.25) is 0 Å². The minimum Gasteiger partial charge on any atom is -0.300 e. The van der Waals surface area contributed by atoms with Crippen molar-refractivity contribution in [1.82, 2.24) is 4.90 Å². The molecule has 1 heterocycles. The summed E-state index contributed by atoms with van der Waals surface area (Å²) in [6.07, 6.45) is 9.59. The highest BCUT2D eigenvalue weighted by Gasteiger charge is 2.25. The third kappa shape index (κ3) is 1.20. The summed E-state index contributed by atoms with van der Waals surface area (Å²) < 4.78 is 0. The molecule has 1 aliphatic heterocycles. The van der Waals surface area contributed by atoms with Crippen LogP contribution >= 0.6 is 0 Å². The van der Waals surface area contributed by atoms with Crippen LogP contribution in [-0.2, 0) is 0 Å². The lowest BCUT2D eigenvalue weighted by Gasteiger charge is -2.39. The summed E-state index contributed by atoms with van der Waals surface area (Å²) in [6.45, 7) is 2.63. The molecule has 1 saturated heterocycles. The van der Waals surface area contributed by atoms with E-state index >= 15 is 0 Å². The highest BCUT2D eigenvalue weighted by molar-refractivity contribution is 4.86. The molecule has 0 amide bonds. The Labute approximate surface area is 63.4 Å². The van der Waals surface area contributed by atoms with Crippen LogP contribution in [0.25, 0.3) is 0 Å². The van der Waals surface area contributed by atoms with Gasteiger partial charge in [-0.15, -0.1) is 0 Å². The molecular weight excluding hydrogens is 122 g/mol. The van der Waals surface area contributed by atoms with E-state index in [4.69, 9.17) is 0 Å². The molecule has 0 aromatic rings. The summed E-state index contributed by atoms with van der Waals surface area (Å²) >= 11 is 0. The Hall–Kier alpha value is -0.0400. The zero-order chi connectivity index (χ0) is 6.81. The van der Waals surface area contributed by atoms with E-state index in [0.29, 0.717) is 0 Å². The van der Waals surface area contributed by atoms with Gasteiger partial charge in [-0.2, -0.15) is 0 Å². The maximum absolute atomic E-state index is 2.65. The molecule has 0 aromatic carbocycles. The van der Waals surface area contributed by atoms with Crippen LogP contribution < -0.4 is 0 Å². The van der Waals surface area contributed by atoms with E-state index in [-0.39, 0.29) is 0 Å². The van der Waals surface area contributed by atoms with Crippen LogP contribution in [0.3, 0.4) is 0 Å². The molecule has 2 aliphatic rings. The zero-order valence-corrected chi connectivity index (χ0v) is 6.55. The monoisotopic (exact) mass is 138 g/mol. The molecule has 1 saturated carbocycles. The Kier molecular flexibility index (Phi) is 1.94. The van der Waals surface area contributed by atoms with Crippen molar-refractivity contribution in [2.45, 2.75) is 38.1 Å². The van der Waals surface area contributed by atoms with Crippen LogP contribution in [-0.4, -0.2) is 24.0 Å². The molecule has 1 nitrogen and oxygen atoms in total. The van der Waals surface area contributed by atoms with Crippen LogP contribution in [0.5, 0.6) is 0 Å². The lowest BCUT2D eigenvalue weighted by Crippen LogP contribution is -2.43. The SMILES string of the molecule is [CH]1CCCN(C2CCC2)C1. The molecule has 1 radical (unpaired) electrons. The number of likely N-dealkylation sites (tertiary alicyclic amines) is 1. The summed E-state index contributed by atoms with van der Waals surface area (Å²) in [5.41, 5.74) is 0. The highest BCUT2D eigenvalue weighted by Crippen LogP contribution is 2.26. The van der Waals surface area contributed by atoms with Crippen molar-refractivity contribution in [3.8, 4) is 0 Å². The van der Waals surface area contributed by atoms with Crippen molar-refractivity contribution in [3.05, 3.63) is 6.42 Å². The van der Waals surface area contributed by atoms with E-state index in [1.165, 1.54) is 45.2 Å². The molecule has 0 aromatic heterocycles. The van der Waals surface area contributed by atoms with Crippen molar-refractivity contribution in [3.63, 3.8) is 0 Å². The zero-order valence-electron chi connectivity index (χ0n) is 6.55. The van der Waals surface area contributed by atoms with Crippen LogP contribution in [0.1, 0.15) is 32.1 Å². The maximum atomic E-state index is 2.65. The molecular formula is C9H16N. The Morgan fingerprint density at radius 3 is 2.60 bits per heavy atom. The van der Waals surface area contributed by atoms with Gasteiger partial charge in [-0.05, 0) is 38.6 Å². The fraction of sp³-hybridized carbons (Fsp3) is 0.889. The Morgan fingerprint density at radius 1 is 1.20 bits per heavy atom. The highest BCUT2D eigenvalue weighted by atomic mass is 15.2. The molecule has 1 aliphatic carbocycles.